The first-order valence-corrected chi connectivity index (χ1v) is 37.7. The zero-order chi connectivity index (χ0) is 56.9. The van der Waals surface area contributed by atoms with Gasteiger partial charge in [0.2, 0.25) is 5.91 Å². The number of nitrogens with one attached hydrogen (secondary N) is 1. The number of carbonyl (C=O) groups is 1. The van der Waals surface area contributed by atoms with Crippen LogP contribution in [-0.2, 0) is 4.79 Å². The van der Waals surface area contributed by atoms with Crippen LogP contribution in [-0.4, -0.2) is 34.9 Å². The molecule has 0 saturated heterocycles. The first-order valence-electron chi connectivity index (χ1n) is 37.7. The molecule has 2 atom stereocenters. The fraction of sp³-hybridized carbons (Fsp3) is 0.987. The summed E-state index contributed by atoms with van der Waals surface area (Å²) in [7, 11) is 0. The van der Waals surface area contributed by atoms with Crippen LogP contribution in [0.3, 0.4) is 0 Å². The Balaban J connectivity index is 3.34. The fourth-order valence-electron chi connectivity index (χ4n) is 12.7. The summed E-state index contributed by atoms with van der Waals surface area (Å²) in [6.45, 7) is 4.43. The van der Waals surface area contributed by atoms with Crippen molar-refractivity contribution in [3.05, 3.63) is 0 Å². The van der Waals surface area contributed by atoms with Crippen molar-refractivity contribution in [1.29, 1.82) is 0 Å². The van der Waals surface area contributed by atoms with Gasteiger partial charge in [0.25, 0.3) is 0 Å². The minimum Gasteiger partial charge on any atom is -0.394 e. The number of hydrogen-bond donors (Lipinski definition) is 3. The monoisotopic (exact) mass is 1110 g/mol. The van der Waals surface area contributed by atoms with Crippen molar-refractivity contribution < 1.29 is 15.0 Å². The summed E-state index contributed by atoms with van der Waals surface area (Å²) in [5.41, 5.74) is 0. The SMILES string of the molecule is CCCCCCCCCCCCCCCCCCCCCCCCCCCCCCCCCCCCCCC(=O)NC(CO)C(O)CCCCCCCCCCCCCCCCCCCCCCCCCCCCCCCCC. The molecule has 0 rings (SSSR count). The predicted octanol–water partition coefficient (Wildman–Crippen LogP) is 25.8. The summed E-state index contributed by atoms with van der Waals surface area (Å²) in [5.74, 6) is -0.0184. The number of aliphatic hydroxyl groups excluding tert-OH is 2. The van der Waals surface area contributed by atoms with Gasteiger partial charge >= 0.3 is 0 Å². The highest BCUT2D eigenvalue weighted by molar-refractivity contribution is 5.76. The van der Waals surface area contributed by atoms with E-state index >= 15 is 0 Å². The number of carbonyl (C=O) groups excluding carboxylic acids is 1. The Bertz CT molecular complexity index is 1080. The van der Waals surface area contributed by atoms with Crippen LogP contribution in [0.5, 0.6) is 0 Å². The first-order chi connectivity index (χ1) is 39.2. The quantitative estimate of drug-likeness (QED) is 0.0532. The van der Waals surface area contributed by atoms with Crippen molar-refractivity contribution in [2.75, 3.05) is 6.61 Å². The molecule has 0 radical (unpaired) electrons. The predicted molar refractivity (Wildman–Crippen MR) is 355 cm³/mol. The van der Waals surface area contributed by atoms with Crippen LogP contribution < -0.4 is 5.32 Å². The maximum atomic E-state index is 12.6. The molecule has 2 unspecified atom stereocenters. The van der Waals surface area contributed by atoms with Crippen molar-refractivity contribution in [2.45, 2.75) is 469 Å². The van der Waals surface area contributed by atoms with Crippen molar-refractivity contribution in [2.24, 2.45) is 0 Å². The average Bonchev–Trinajstić information content (AvgIpc) is 3.45. The summed E-state index contributed by atoms with van der Waals surface area (Å²) in [6, 6.07) is -0.533. The van der Waals surface area contributed by atoms with Gasteiger partial charge in [0.05, 0.1) is 18.8 Å². The molecule has 3 N–H and O–H groups in total. The number of rotatable bonds is 72. The standard InChI is InChI=1S/C75H151NO3/c1-3-5-7-9-11-13-15-17-19-21-23-25-27-29-31-33-35-36-37-38-39-41-43-45-47-49-51-53-55-57-59-61-63-65-67-69-71-75(79)76-73(72-77)74(78)70-68-66-64-62-60-58-56-54-52-50-48-46-44-42-40-34-32-30-28-26-24-22-20-18-16-14-12-10-8-6-4-2/h73-74,77-78H,3-72H2,1-2H3,(H,76,79). The smallest absolute Gasteiger partial charge is 0.220 e. The van der Waals surface area contributed by atoms with Crippen LogP contribution in [0.1, 0.15) is 457 Å². The molecule has 79 heavy (non-hydrogen) atoms. The molecule has 0 bridgehead atoms. The summed E-state index contributed by atoms with van der Waals surface area (Å²) in [4.78, 5) is 12.6. The van der Waals surface area contributed by atoms with Gasteiger partial charge in [-0.1, -0.05) is 438 Å². The molecule has 1 amide bonds. The highest BCUT2D eigenvalue weighted by Crippen LogP contribution is 2.21. The largest absolute Gasteiger partial charge is 0.394 e. The van der Waals surface area contributed by atoms with Gasteiger partial charge in [-0.05, 0) is 12.8 Å². The lowest BCUT2D eigenvalue weighted by molar-refractivity contribution is -0.123. The van der Waals surface area contributed by atoms with Gasteiger partial charge in [-0.25, -0.2) is 0 Å². The van der Waals surface area contributed by atoms with E-state index in [9.17, 15) is 15.0 Å². The number of unbranched alkanes of at least 4 members (excludes halogenated alkanes) is 65. The summed E-state index contributed by atoms with van der Waals surface area (Å²) in [5, 5.41) is 23.5. The van der Waals surface area contributed by atoms with Crippen LogP contribution in [0.4, 0.5) is 0 Å². The fourth-order valence-corrected chi connectivity index (χ4v) is 12.7. The Kier molecular flexibility index (Phi) is 71.1. The third kappa shape index (κ3) is 68.1. The Labute approximate surface area is 499 Å². The molecule has 4 heteroatoms. The third-order valence-electron chi connectivity index (χ3n) is 18.4. The lowest BCUT2D eigenvalue weighted by Crippen LogP contribution is -2.45. The van der Waals surface area contributed by atoms with E-state index in [2.05, 4.69) is 19.2 Å². The normalized spacial score (nSPS) is 12.5. The van der Waals surface area contributed by atoms with Crippen molar-refractivity contribution >= 4 is 5.91 Å². The zero-order valence-electron chi connectivity index (χ0n) is 55.0. The second-order valence-corrected chi connectivity index (χ2v) is 26.4. The molecule has 0 aliphatic rings. The summed E-state index contributed by atoms with van der Waals surface area (Å²) in [6.07, 6.45) is 94.9. The Morgan fingerprint density at radius 2 is 0.405 bits per heavy atom. The molecule has 4 nitrogen and oxygen atoms in total. The first kappa shape index (κ1) is 78.4. The molecular weight excluding hydrogens is 963 g/mol. The zero-order valence-corrected chi connectivity index (χ0v) is 55.0. The topological polar surface area (TPSA) is 69.6 Å². The lowest BCUT2D eigenvalue weighted by atomic mass is 10.0. The molecule has 0 aliphatic carbocycles. The van der Waals surface area contributed by atoms with Gasteiger partial charge in [-0.15, -0.1) is 0 Å². The van der Waals surface area contributed by atoms with E-state index in [1.165, 1.54) is 405 Å². The van der Waals surface area contributed by atoms with E-state index < -0.39 is 12.1 Å². The van der Waals surface area contributed by atoms with Gasteiger partial charge in [0.1, 0.15) is 0 Å². The molecule has 0 heterocycles. The third-order valence-corrected chi connectivity index (χ3v) is 18.4. The van der Waals surface area contributed by atoms with Gasteiger partial charge in [0.15, 0.2) is 0 Å². The minimum atomic E-state index is -0.657. The van der Waals surface area contributed by atoms with Crippen molar-refractivity contribution in [1.82, 2.24) is 5.32 Å². The van der Waals surface area contributed by atoms with Gasteiger partial charge < -0.3 is 15.5 Å². The lowest BCUT2D eigenvalue weighted by Gasteiger charge is -2.22. The maximum absolute atomic E-state index is 12.6. The minimum absolute atomic E-state index is 0.0184. The van der Waals surface area contributed by atoms with Crippen LogP contribution in [0.15, 0.2) is 0 Å². The van der Waals surface area contributed by atoms with E-state index in [1.54, 1.807) is 0 Å². The van der Waals surface area contributed by atoms with E-state index in [-0.39, 0.29) is 12.5 Å². The Hall–Kier alpha value is -0.610. The van der Waals surface area contributed by atoms with Crippen molar-refractivity contribution in [3.8, 4) is 0 Å². The van der Waals surface area contributed by atoms with E-state index in [1.807, 2.05) is 0 Å². The molecule has 0 aromatic rings. The summed E-state index contributed by atoms with van der Waals surface area (Å²) >= 11 is 0. The number of aliphatic hydroxyl groups is 2. The van der Waals surface area contributed by atoms with Crippen LogP contribution in [0.25, 0.3) is 0 Å². The second-order valence-electron chi connectivity index (χ2n) is 26.4. The van der Waals surface area contributed by atoms with Crippen LogP contribution >= 0.6 is 0 Å². The molecule has 0 saturated carbocycles. The molecule has 0 aromatic carbocycles. The van der Waals surface area contributed by atoms with E-state index in [0.717, 1.165) is 25.7 Å². The highest BCUT2D eigenvalue weighted by Gasteiger charge is 2.20. The van der Waals surface area contributed by atoms with Crippen LogP contribution in [0, 0.1) is 0 Å². The second kappa shape index (κ2) is 71.7. The maximum Gasteiger partial charge on any atom is 0.220 e. The summed E-state index contributed by atoms with van der Waals surface area (Å²) < 4.78 is 0. The van der Waals surface area contributed by atoms with Gasteiger partial charge in [-0.2, -0.15) is 0 Å². The molecular formula is C75H151NO3. The average molecular weight is 1120 g/mol. The van der Waals surface area contributed by atoms with E-state index in [0.29, 0.717) is 12.8 Å². The molecule has 0 aromatic heterocycles. The van der Waals surface area contributed by atoms with E-state index in [4.69, 9.17) is 0 Å². The van der Waals surface area contributed by atoms with Crippen LogP contribution in [0.2, 0.25) is 0 Å². The Morgan fingerprint density at radius 1 is 0.253 bits per heavy atom. The van der Waals surface area contributed by atoms with Gasteiger partial charge in [-0.3, -0.25) is 4.79 Å². The molecule has 0 aliphatic heterocycles. The molecule has 474 valence electrons. The molecule has 0 spiro atoms. The highest BCUT2D eigenvalue weighted by atomic mass is 16.3. The van der Waals surface area contributed by atoms with Gasteiger partial charge in [0, 0.05) is 6.42 Å². The Morgan fingerprint density at radius 3 is 0.570 bits per heavy atom. The molecule has 0 fully saturated rings. The number of amides is 1. The number of hydrogen-bond acceptors (Lipinski definition) is 3. The van der Waals surface area contributed by atoms with Crippen molar-refractivity contribution in [3.63, 3.8) is 0 Å².